The zero-order chi connectivity index (χ0) is 10.7. The van der Waals surface area contributed by atoms with Crippen molar-refractivity contribution in [3.8, 4) is 0 Å². The number of rotatable bonds is 2. The minimum absolute atomic E-state index is 0.383. The van der Waals surface area contributed by atoms with Crippen LogP contribution >= 0.6 is 0 Å². The molecule has 1 rings (SSSR count). The topological polar surface area (TPSA) is 119 Å². The van der Waals surface area contributed by atoms with Gasteiger partial charge in [0.25, 0.3) is 0 Å². The van der Waals surface area contributed by atoms with E-state index in [4.69, 9.17) is 15.4 Å². The molecule has 1 saturated heterocycles. The lowest BCUT2D eigenvalue weighted by molar-refractivity contribution is -0.183. The Balaban J connectivity index is 2.78. The second-order valence-electron chi connectivity index (χ2n) is 3.24. The number of hydrogen-bond donors (Lipinski definition) is 3. The quantitative estimate of drug-likeness (QED) is 0.308. The molecule has 1 aliphatic rings. The van der Waals surface area contributed by atoms with E-state index in [9.17, 15) is 10.2 Å². The summed E-state index contributed by atoms with van der Waals surface area (Å²) < 4.78 is 5.16. The highest BCUT2D eigenvalue weighted by Crippen LogP contribution is 2.23. The maximum atomic E-state index is 9.53. The fraction of sp³-hybridized carbons (Fsp3) is 1.00. The molecule has 0 aliphatic carbocycles. The standard InChI is InChI=1S/C7H13N3O4/c1-3-5(9-10-8)7(13)6(12)4(2-11)14-3/h3-7,11-13H,2H2,1H3/t3?,4-,5+,6+,7-/m1/s1. The molecule has 80 valence electrons. The van der Waals surface area contributed by atoms with Crippen molar-refractivity contribution in [2.24, 2.45) is 5.11 Å². The lowest BCUT2D eigenvalue weighted by atomic mass is 9.94. The third kappa shape index (κ3) is 1.97. The van der Waals surface area contributed by atoms with Crippen LogP contribution in [0.5, 0.6) is 0 Å². The van der Waals surface area contributed by atoms with Crippen LogP contribution in [0, 0.1) is 0 Å². The molecule has 0 amide bonds. The number of ether oxygens (including phenoxy) is 1. The van der Waals surface area contributed by atoms with Gasteiger partial charge in [-0.3, -0.25) is 0 Å². The van der Waals surface area contributed by atoms with Gasteiger partial charge in [0.15, 0.2) is 0 Å². The zero-order valence-electron chi connectivity index (χ0n) is 7.69. The molecule has 0 saturated carbocycles. The number of azide groups is 1. The van der Waals surface area contributed by atoms with E-state index in [1.54, 1.807) is 6.92 Å². The van der Waals surface area contributed by atoms with Crippen LogP contribution in [0.3, 0.4) is 0 Å². The Kier molecular flexibility index (Phi) is 3.68. The van der Waals surface area contributed by atoms with Gasteiger partial charge in [0.1, 0.15) is 12.2 Å². The molecule has 14 heavy (non-hydrogen) atoms. The van der Waals surface area contributed by atoms with Gasteiger partial charge in [-0.2, -0.15) is 0 Å². The molecule has 3 N–H and O–H groups in total. The van der Waals surface area contributed by atoms with Crippen LogP contribution < -0.4 is 0 Å². The van der Waals surface area contributed by atoms with Crippen molar-refractivity contribution in [1.82, 2.24) is 0 Å². The van der Waals surface area contributed by atoms with E-state index in [-0.39, 0.29) is 6.61 Å². The van der Waals surface area contributed by atoms with E-state index in [1.807, 2.05) is 0 Å². The van der Waals surface area contributed by atoms with Gasteiger partial charge in [-0.1, -0.05) is 5.11 Å². The van der Waals surface area contributed by atoms with Crippen LogP contribution in [-0.2, 0) is 4.74 Å². The van der Waals surface area contributed by atoms with Gasteiger partial charge >= 0.3 is 0 Å². The van der Waals surface area contributed by atoms with Gasteiger partial charge < -0.3 is 20.1 Å². The van der Waals surface area contributed by atoms with Gasteiger partial charge in [0.2, 0.25) is 0 Å². The van der Waals surface area contributed by atoms with Gasteiger partial charge in [-0.05, 0) is 12.5 Å². The number of nitrogens with zero attached hydrogens (tertiary/aromatic N) is 3. The van der Waals surface area contributed by atoms with Crippen LogP contribution in [0.4, 0.5) is 0 Å². The Morgan fingerprint density at radius 1 is 1.43 bits per heavy atom. The van der Waals surface area contributed by atoms with E-state index < -0.39 is 30.5 Å². The summed E-state index contributed by atoms with van der Waals surface area (Å²) >= 11 is 0. The highest BCUT2D eigenvalue weighted by atomic mass is 16.5. The molecule has 0 radical (unpaired) electrons. The molecule has 0 spiro atoms. The minimum Gasteiger partial charge on any atom is -0.394 e. The molecule has 7 heteroatoms. The summed E-state index contributed by atoms with van der Waals surface area (Å²) in [6, 6.07) is -0.821. The lowest BCUT2D eigenvalue weighted by Crippen LogP contribution is -2.56. The summed E-state index contributed by atoms with van der Waals surface area (Å²) in [5.74, 6) is 0. The normalized spacial score (nSPS) is 43.0. The SMILES string of the molecule is CC1O[C@H](CO)[C@H](O)[C@H](O)[C@H]1N=[N+]=[N-]. The Morgan fingerprint density at radius 2 is 2.07 bits per heavy atom. The van der Waals surface area contributed by atoms with Crippen molar-refractivity contribution < 1.29 is 20.1 Å². The van der Waals surface area contributed by atoms with E-state index in [0.717, 1.165) is 0 Å². The predicted molar refractivity (Wildman–Crippen MR) is 46.4 cm³/mol. The Labute approximate surface area is 80.6 Å². The Morgan fingerprint density at radius 3 is 2.57 bits per heavy atom. The summed E-state index contributed by atoms with van der Waals surface area (Å²) in [5, 5.41) is 31.1. The van der Waals surface area contributed by atoms with Gasteiger partial charge in [0, 0.05) is 4.91 Å². The summed E-state index contributed by atoms with van der Waals surface area (Å²) in [4.78, 5) is 2.56. The molecular formula is C7H13N3O4. The van der Waals surface area contributed by atoms with Crippen LogP contribution in [0.2, 0.25) is 0 Å². The summed E-state index contributed by atoms with van der Waals surface area (Å²) in [6.07, 6.45) is -3.79. The fourth-order valence-electron chi connectivity index (χ4n) is 1.51. The van der Waals surface area contributed by atoms with E-state index in [1.165, 1.54) is 0 Å². The first-order valence-electron chi connectivity index (χ1n) is 4.28. The summed E-state index contributed by atoms with van der Waals surface area (Å²) in [7, 11) is 0. The highest BCUT2D eigenvalue weighted by Gasteiger charge is 2.41. The molecule has 0 bridgehead atoms. The maximum Gasteiger partial charge on any atom is 0.109 e. The molecule has 1 fully saturated rings. The van der Waals surface area contributed by atoms with Crippen LogP contribution in [0.1, 0.15) is 6.92 Å². The average Bonchev–Trinajstić information content (AvgIpc) is 2.18. The molecule has 1 aliphatic heterocycles. The molecule has 0 aromatic carbocycles. The summed E-state index contributed by atoms with van der Waals surface area (Å²) in [6.45, 7) is 1.22. The first-order chi connectivity index (χ1) is 6.61. The van der Waals surface area contributed by atoms with E-state index in [0.29, 0.717) is 0 Å². The molecule has 5 atom stereocenters. The van der Waals surface area contributed by atoms with E-state index in [2.05, 4.69) is 10.0 Å². The van der Waals surface area contributed by atoms with Crippen molar-refractivity contribution in [2.75, 3.05) is 6.61 Å². The highest BCUT2D eigenvalue weighted by molar-refractivity contribution is 4.94. The molecule has 7 nitrogen and oxygen atoms in total. The molecule has 0 aromatic rings. The maximum absolute atomic E-state index is 9.53. The third-order valence-electron chi connectivity index (χ3n) is 2.32. The molecule has 1 heterocycles. The second-order valence-corrected chi connectivity index (χ2v) is 3.24. The van der Waals surface area contributed by atoms with Gasteiger partial charge in [-0.15, -0.1) is 0 Å². The van der Waals surface area contributed by atoms with Crippen molar-refractivity contribution in [2.45, 2.75) is 37.4 Å². The number of aliphatic hydroxyl groups excluding tert-OH is 3. The predicted octanol–water partition coefficient (Wildman–Crippen LogP) is -0.833. The second kappa shape index (κ2) is 4.59. The summed E-state index contributed by atoms with van der Waals surface area (Å²) in [5.41, 5.74) is 8.22. The minimum atomic E-state index is -1.23. The molecule has 0 aromatic heterocycles. The largest absolute Gasteiger partial charge is 0.394 e. The van der Waals surface area contributed by atoms with Gasteiger partial charge in [0.05, 0.1) is 24.9 Å². The lowest BCUT2D eigenvalue weighted by Gasteiger charge is -2.39. The van der Waals surface area contributed by atoms with E-state index >= 15 is 0 Å². The van der Waals surface area contributed by atoms with Crippen molar-refractivity contribution >= 4 is 0 Å². The molecular weight excluding hydrogens is 190 g/mol. The Bertz CT molecular complexity index is 243. The van der Waals surface area contributed by atoms with Gasteiger partial charge in [-0.25, -0.2) is 0 Å². The number of hydrogen-bond acceptors (Lipinski definition) is 5. The first-order valence-corrected chi connectivity index (χ1v) is 4.28. The zero-order valence-corrected chi connectivity index (χ0v) is 7.69. The van der Waals surface area contributed by atoms with Crippen LogP contribution in [0.15, 0.2) is 5.11 Å². The fourth-order valence-corrected chi connectivity index (χ4v) is 1.51. The first kappa shape index (κ1) is 11.2. The van der Waals surface area contributed by atoms with Crippen LogP contribution in [-0.4, -0.2) is 52.4 Å². The van der Waals surface area contributed by atoms with Crippen molar-refractivity contribution in [3.63, 3.8) is 0 Å². The third-order valence-corrected chi connectivity index (χ3v) is 2.32. The smallest absolute Gasteiger partial charge is 0.109 e. The average molecular weight is 203 g/mol. The monoisotopic (exact) mass is 203 g/mol. The van der Waals surface area contributed by atoms with Crippen molar-refractivity contribution in [1.29, 1.82) is 0 Å². The van der Waals surface area contributed by atoms with Crippen LogP contribution in [0.25, 0.3) is 10.4 Å². The number of aliphatic hydroxyl groups is 3. The van der Waals surface area contributed by atoms with Crippen molar-refractivity contribution in [3.05, 3.63) is 10.4 Å². The Hall–Kier alpha value is -0.850. The molecule has 1 unspecified atom stereocenters.